The van der Waals surface area contributed by atoms with Crippen LogP contribution in [0.4, 0.5) is 0 Å². The molecule has 0 saturated carbocycles. The number of nitrogens with zero attached hydrogens (tertiary/aromatic N) is 1. The number of hydrogen-bond donors (Lipinski definition) is 1. The predicted octanol–water partition coefficient (Wildman–Crippen LogP) is 3.52. The van der Waals surface area contributed by atoms with Gasteiger partial charge < -0.3 is 10.2 Å². The normalized spacial score (nSPS) is 20.4. The number of likely N-dealkylation sites (tertiary alicyclic amines) is 1. The molecule has 1 fully saturated rings. The molecule has 0 radical (unpaired) electrons. The van der Waals surface area contributed by atoms with E-state index in [1.807, 2.05) is 0 Å². The van der Waals surface area contributed by atoms with E-state index in [0.29, 0.717) is 12.1 Å². The zero-order chi connectivity index (χ0) is 13.0. The number of nitrogens with one attached hydrogen (secondary N) is 1. The van der Waals surface area contributed by atoms with Gasteiger partial charge in [-0.25, -0.2) is 0 Å². The first kappa shape index (κ1) is 14.0. The summed E-state index contributed by atoms with van der Waals surface area (Å²) >= 11 is 1.79. The second-order valence-corrected chi connectivity index (χ2v) is 6.69. The van der Waals surface area contributed by atoms with Gasteiger partial charge in [-0.3, -0.25) is 0 Å². The molecule has 2 nitrogen and oxygen atoms in total. The van der Waals surface area contributed by atoms with Crippen LogP contribution in [0.25, 0.3) is 0 Å². The van der Waals surface area contributed by atoms with Gasteiger partial charge in [0.15, 0.2) is 0 Å². The van der Waals surface area contributed by atoms with E-state index in [9.17, 15) is 0 Å². The average Bonchev–Trinajstić information content (AvgIpc) is 2.84. The van der Waals surface area contributed by atoms with Crippen molar-refractivity contribution in [2.75, 3.05) is 19.6 Å². The van der Waals surface area contributed by atoms with Gasteiger partial charge in [0.05, 0.1) is 0 Å². The summed E-state index contributed by atoms with van der Waals surface area (Å²) in [5.41, 5.74) is 1.43. The maximum Gasteiger partial charge on any atom is 0.0302 e. The highest BCUT2D eigenvalue weighted by molar-refractivity contribution is 7.07. The molecule has 0 aromatic carbocycles. The molecule has 1 aliphatic rings. The SMILES string of the molecule is CC(C)CN1CCC(NC(C)c2ccsc2)CC1. The molecule has 0 bridgehead atoms. The molecule has 3 heteroatoms. The molecule has 2 heterocycles. The Balaban J connectivity index is 1.73. The minimum absolute atomic E-state index is 0.498. The lowest BCUT2D eigenvalue weighted by molar-refractivity contribution is 0.175. The monoisotopic (exact) mass is 266 g/mol. The minimum Gasteiger partial charge on any atom is -0.307 e. The Morgan fingerprint density at radius 2 is 2.06 bits per heavy atom. The summed E-state index contributed by atoms with van der Waals surface area (Å²) in [6.45, 7) is 10.7. The molecular formula is C15H26N2S. The molecule has 1 N–H and O–H groups in total. The Morgan fingerprint density at radius 1 is 1.33 bits per heavy atom. The van der Waals surface area contributed by atoms with Crippen molar-refractivity contribution in [2.45, 2.75) is 45.7 Å². The van der Waals surface area contributed by atoms with Crippen LogP contribution in [0.15, 0.2) is 16.8 Å². The second kappa shape index (κ2) is 6.69. The zero-order valence-electron chi connectivity index (χ0n) is 11.9. The van der Waals surface area contributed by atoms with Crippen molar-refractivity contribution in [3.63, 3.8) is 0 Å². The maximum absolute atomic E-state index is 3.78. The molecule has 1 aromatic rings. The Hall–Kier alpha value is -0.380. The summed E-state index contributed by atoms with van der Waals surface area (Å²) in [6.07, 6.45) is 2.59. The van der Waals surface area contributed by atoms with Crippen molar-refractivity contribution in [3.8, 4) is 0 Å². The van der Waals surface area contributed by atoms with Gasteiger partial charge in [-0.1, -0.05) is 13.8 Å². The fourth-order valence-electron chi connectivity index (χ4n) is 2.77. The molecule has 0 aliphatic carbocycles. The smallest absolute Gasteiger partial charge is 0.0302 e. The van der Waals surface area contributed by atoms with Gasteiger partial charge in [0.2, 0.25) is 0 Å². The predicted molar refractivity (Wildman–Crippen MR) is 80.2 cm³/mol. The average molecular weight is 266 g/mol. The first-order valence-electron chi connectivity index (χ1n) is 7.15. The molecule has 102 valence electrons. The Morgan fingerprint density at radius 3 is 2.61 bits per heavy atom. The van der Waals surface area contributed by atoms with E-state index in [-0.39, 0.29) is 0 Å². The van der Waals surface area contributed by atoms with Crippen molar-refractivity contribution in [1.82, 2.24) is 10.2 Å². The van der Waals surface area contributed by atoms with Crippen LogP contribution < -0.4 is 5.32 Å². The van der Waals surface area contributed by atoms with Crippen molar-refractivity contribution >= 4 is 11.3 Å². The zero-order valence-corrected chi connectivity index (χ0v) is 12.7. The summed E-state index contributed by atoms with van der Waals surface area (Å²) in [7, 11) is 0. The molecule has 0 spiro atoms. The van der Waals surface area contributed by atoms with Crippen LogP contribution in [0, 0.1) is 5.92 Å². The quantitative estimate of drug-likeness (QED) is 0.877. The van der Waals surface area contributed by atoms with Crippen LogP contribution in [-0.4, -0.2) is 30.6 Å². The highest BCUT2D eigenvalue weighted by Crippen LogP contribution is 2.19. The second-order valence-electron chi connectivity index (χ2n) is 5.91. The lowest BCUT2D eigenvalue weighted by Gasteiger charge is -2.34. The summed E-state index contributed by atoms with van der Waals surface area (Å²) in [5.74, 6) is 0.791. The highest BCUT2D eigenvalue weighted by Gasteiger charge is 2.21. The van der Waals surface area contributed by atoms with Gasteiger partial charge in [0.25, 0.3) is 0 Å². The molecular weight excluding hydrogens is 240 g/mol. The van der Waals surface area contributed by atoms with Crippen molar-refractivity contribution in [1.29, 1.82) is 0 Å². The first-order chi connectivity index (χ1) is 8.65. The number of piperidine rings is 1. The van der Waals surface area contributed by atoms with Gasteiger partial charge in [-0.2, -0.15) is 11.3 Å². The third-order valence-corrected chi connectivity index (χ3v) is 4.44. The molecule has 1 unspecified atom stereocenters. The van der Waals surface area contributed by atoms with E-state index in [2.05, 4.69) is 47.8 Å². The van der Waals surface area contributed by atoms with Crippen LogP contribution in [0.1, 0.15) is 45.2 Å². The maximum atomic E-state index is 3.78. The Kier molecular flexibility index (Phi) is 5.22. The molecule has 18 heavy (non-hydrogen) atoms. The van der Waals surface area contributed by atoms with E-state index in [1.165, 1.54) is 38.0 Å². The molecule has 2 rings (SSSR count). The number of rotatable bonds is 5. The van der Waals surface area contributed by atoms with Crippen LogP contribution >= 0.6 is 11.3 Å². The first-order valence-corrected chi connectivity index (χ1v) is 8.10. The molecule has 0 amide bonds. The third kappa shape index (κ3) is 4.08. The van der Waals surface area contributed by atoms with Crippen molar-refractivity contribution in [2.24, 2.45) is 5.92 Å². The lowest BCUT2D eigenvalue weighted by Crippen LogP contribution is -2.44. The highest BCUT2D eigenvalue weighted by atomic mass is 32.1. The fourth-order valence-corrected chi connectivity index (χ4v) is 3.52. The summed E-state index contributed by atoms with van der Waals surface area (Å²) in [5, 5.41) is 8.20. The molecule has 1 saturated heterocycles. The summed E-state index contributed by atoms with van der Waals surface area (Å²) in [6, 6.07) is 3.43. The number of hydrogen-bond acceptors (Lipinski definition) is 3. The van der Waals surface area contributed by atoms with Crippen molar-refractivity contribution < 1.29 is 0 Å². The Labute approximate surface area is 115 Å². The van der Waals surface area contributed by atoms with Gasteiger partial charge in [0, 0.05) is 18.6 Å². The van der Waals surface area contributed by atoms with Crippen LogP contribution in [-0.2, 0) is 0 Å². The van der Waals surface area contributed by atoms with Gasteiger partial charge in [-0.15, -0.1) is 0 Å². The fraction of sp³-hybridized carbons (Fsp3) is 0.733. The van der Waals surface area contributed by atoms with Gasteiger partial charge in [-0.05, 0) is 61.2 Å². The van der Waals surface area contributed by atoms with E-state index in [0.717, 1.165) is 5.92 Å². The van der Waals surface area contributed by atoms with Gasteiger partial charge in [0.1, 0.15) is 0 Å². The standard InChI is InChI=1S/C15H26N2S/c1-12(2)10-17-7-4-15(5-8-17)16-13(3)14-6-9-18-11-14/h6,9,11-13,15-16H,4-5,7-8,10H2,1-3H3. The topological polar surface area (TPSA) is 15.3 Å². The van der Waals surface area contributed by atoms with Crippen LogP contribution in [0.5, 0.6) is 0 Å². The number of thiophene rings is 1. The Bertz CT molecular complexity index is 326. The minimum atomic E-state index is 0.498. The molecule has 1 aliphatic heterocycles. The van der Waals surface area contributed by atoms with Crippen molar-refractivity contribution in [3.05, 3.63) is 22.4 Å². The van der Waals surface area contributed by atoms with Crippen LogP contribution in [0.3, 0.4) is 0 Å². The largest absolute Gasteiger partial charge is 0.307 e. The van der Waals surface area contributed by atoms with E-state index in [4.69, 9.17) is 0 Å². The van der Waals surface area contributed by atoms with E-state index in [1.54, 1.807) is 11.3 Å². The van der Waals surface area contributed by atoms with E-state index < -0.39 is 0 Å². The summed E-state index contributed by atoms with van der Waals surface area (Å²) < 4.78 is 0. The third-order valence-electron chi connectivity index (χ3n) is 3.74. The van der Waals surface area contributed by atoms with Gasteiger partial charge >= 0.3 is 0 Å². The molecule has 1 atom stereocenters. The summed E-state index contributed by atoms with van der Waals surface area (Å²) in [4.78, 5) is 2.61. The van der Waals surface area contributed by atoms with Crippen LogP contribution in [0.2, 0.25) is 0 Å². The van der Waals surface area contributed by atoms with E-state index >= 15 is 0 Å². The lowest BCUT2D eigenvalue weighted by atomic mass is 10.0. The molecule has 1 aromatic heterocycles.